The lowest BCUT2D eigenvalue weighted by atomic mass is 10.1. The van der Waals surface area contributed by atoms with Gasteiger partial charge in [0.2, 0.25) is 5.78 Å². The topological polar surface area (TPSA) is 43.5 Å². The van der Waals surface area contributed by atoms with Crippen LogP contribution in [0.1, 0.15) is 111 Å². The Morgan fingerprint density at radius 1 is 0.966 bits per heavy atom. The van der Waals surface area contributed by atoms with E-state index in [1.54, 1.807) is 6.92 Å². The van der Waals surface area contributed by atoms with Crippen LogP contribution in [0.4, 0.5) is 0 Å². The molecule has 0 aliphatic carbocycles. The maximum Gasteiger partial charge on any atom is 0.318 e. The Hall–Kier alpha value is -1.16. The third-order valence-electron chi connectivity index (χ3n) is 5.93. The number of likely N-dealkylation sites (N-methyl/N-ethyl adjacent to an activating group) is 1. The molecule has 4 nitrogen and oxygen atoms in total. The van der Waals surface area contributed by atoms with Crippen molar-refractivity contribution in [2.75, 3.05) is 19.6 Å². The van der Waals surface area contributed by atoms with E-state index in [9.17, 15) is 9.90 Å². The van der Waals surface area contributed by atoms with Crippen LogP contribution in [0.2, 0.25) is 0 Å². The van der Waals surface area contributed by atoms with Gasteiger partial charge in [-0.15, -0.1) is 0 Å². The standard InChI is InChI=1S/C25H47N2O2/c1-4-6-7-8-9-10-11-12-13-14-15-16-17-18-19-20-24(29)25-26(5-2)21-22-27(25)23(3)28/h12-13,23,28H,4-11,14-22H2,1-3H3/q+1/b13-12-. The van der Waals surface area contributed by atoms with Crippen LogP contribution in [0.3, 0.4) is 0 Å². The van der Waals surface area contributed by atoms with E-state index in [0.717, 1.165) is 38.3 Å². The Balaban J connectivity index is 2.03. The molecule has 1 aliphatic heterocycles. The molecule has 1 heterocycles. The largest absolute Gasteiger partial charge is 0.356 e. The minimum atomic E-state index is -0.584. The summed E-state index contributed by atoms with van der Waals surface area (Å²) in [5.41, 5.74) is 0. The molecule has 0 fully saturated rings. The molecule has 0 saturated carbocycles. The number of carbonyl (C=O) groups is 1. The van der Waals surface area contributed by atoms with Crippen LogP contribution >= 0.6 is 0 Å². The third kappa shape index (κ3) is 11.0. The van der Waals surface area contributed by atoms with Gasteiger partial charge in [0.15, 0.2) is 6.23 Å². The number of hydrogen-bond donors (Lipinski definition) is 1. The molecule has 0 amide bonds. The van der Waals surface area contributed by atoms with Crippen molar-refractivity contribution in [2.24, 2.45) is 0 Å². The number of aliphatic hydroxyl groups excluding tert-OH is 1. The molecule has 0 radical (unpaired) electrons. The molecule has 0 saturated heterocycles. The van der Waals surface area contributed by atoms with Crippen LogP contribution < -0.4 is 0 Å². The first-order valence-corrected chi connectivity index (χ1v) is 12.4. The Morgan fingerprint density at radius 3 is 2.07 bits per heavy atom. The van der Waals surface area contributed by atoms with E-state index >= 15 is 0 Å². The van der Waals surface area contributed by atoms with Crippen LogP contribution in [0, 0.1) is 0 Å². The van der Waals surface area contributed by atoms with Crippen LogP contribution in [-0.4, -0.2) is 52.1 Å². The van der Waals surface area contributed by atoms with E-state index in [1.807, 2.05) is 4.90 Å². The first-order valence-electron chi connectivity index (χ1n) is 12.4. The second-order valence-electron chi connectivity index (χ2n) is 8.49. The van der Waals surface area contributed by atoms with E-state index in [2.05, 4.69) is 30.6 Å². The van der Waals surface area contributed by atoms with Crippen molar-refractivity contribution >= 4 is 11.6 Å². The quantitative estimate of drug-likeness (QED) is 0.181. The summed E-state index contributed by atoms with van der Waals surface area (Å²) in [5.74, 6) is 0.931. The number of rotatable bonds is 18. The number of aliphatic hydroxyl groups is 1. The van der Waals surface area contributed by atoms with Crippen LogP contribution in [0.15, 0.2) is 12.2 Å². The molecule has 1 atom stereocenters. The second kappa shape index (κ2) is 16.6. The fourth-order valence-corrected chi connectivity index (χ4v) is 4.10. The zero-order chi connectivity index (χ0) is 21.3. The van der Waals surface area contributed by atoms with Gasteiger partial charge >= 0.3 is 5.84 Å². The predicted octanol–water partition coefficient (Wildman–Crippen LogP) is 5.68. The molecule has 0 aromatic heterocycles. The Labute approximate surface area is 180 Å². The summed E-state index contributed by atoms with van der Waals surface area (Å²) in [6.45, 7) is 8.50. The maximum absolute atomic E-state index is 12.6. The molecule has 0 aromatic carbocycles. The molecule has 0 aromatic rings. The number of carbonyl (C=O) groups excluding carboxylic acids is 1. The van der Waals surface area contributed by atoms with Gasteiger partial charge in [-0.2, -0.15) is 0 Å². The van der Waals surface area contributed by atoms with E-state index in [-0.39, 0.29) is 5.78 Å². The highest BCUT2D eigenvalue weighted by Crippen LogP contribution is 2.13. The number of unbranched alkanes of at least 4 members (excludes halogenated alkanes) is 11. The number of nitrogens with zero attached hydrogens (tertiary/aromatic N) is 2. The van der Waals surface area contributed by atoms with Gasteiger partial charge in [0.25, 0.3) is 0 Å². The highest BCUT2D eigenvalue weighted by Gasteiger charge is 2.37. The maximum atomic E-state index is 12.6. The van der Waals surface area contributed by atoms with E-state index < -0.39 is 6.23 Å². The average molecular weight is 408 g/mol. The zero-order valence-corrected chi connectivity index (χ0v) is 19.5. The van der Waals surface area contributed by atoms with Gasteiger partial charge in [0.05, 0.1) is 6.54 Å². The molecular weight excluding hydrogens is 360 g/mol. The van der Waals surface area contributed by atoms with Gasteiger partial charge in [-0.25, -0.2) is 4.90 Å². The van der Waals surface area contributed by atoms with Crippen molar-refractivity contribution in [2.45, 2.75) is 117 Å². The normalized spacial score (nSPS) is 15.7. The smallest absolute Gasteiger partial charge is 0.318 e. The van der Waals surface area contributed by atoms with Crippen molar-refractivity contribution in [1.29, 1.82) is 0 Å². The molecule has 168 valence electrons. The molecule has 1 aliphatic rings. The molecular formula is C25H47N2O2+. The van der Waals surface area contributed by atoms with Gasteiger partial charge in [0.1, 0.15) is 13.1 Å². The van der Waals surface area contributed by atoms with Crippen LogP contribution in [-0.2, 0) is 4.79 Å². The predicted molar refractivity (Wildman–Crippen MR) is 124 cm³/mol. The summed E-state index contributed by atoms with van der Waals surface area (Å²) in [7, 11) is 0. The lowest BCUT2D eigenvalue weighted by Crippen LogP contribution is -2.41. The molecule has 1 rings (SSSR count). The van der Waals surface area contributed by atoms with Gasteiger partial charge < -0.3 is 5.11 Å². The van der Waals surface area contributed by atoms with Gasteiger partial charge in [0, 0.05) is 13.3 Å². The summed E-state index contributed by atoms with van der Waals surface area (Å²) in [6.07, 6.45) is 21.2. The third-order valence-corrected chi connectivity index (χ3v) is 5.93. The van der Waals surface area contributed by atoms with Crippen molar-refractivity contribution in [3.05, 3.63) is 12.2 Å². The fraction of sp³-hybridized carbons (Fsp3) is 0.840. The lowest BCUT2D eigenvalue weighted by Gasteiger charge is -2.15. The summed E-state index contributed by atoms with van der Waals surface area (Å²) < 4.78 is 2.10. The number of Topliss-reactive ketones (excluding diaryl/α,β-unsaturated/α-hetero) is 1. The minimum Gasteiger partial charge on any atom is -0.356 e. The van der Waals surface area contributed by atoms with Gasteiger partial charge in [-0.3, -0.25) is 9.37 Å². The van der Waals surface area contributed by atoms with E-state index in [0.29, 0.717) is 6.42 Å². The van der Waals surface area contributed by atoms with Crippen molar-refractivity contribution in [1.82, 2.24) is 4.90 Å². The van der Waals surface area contributed by atoms with Crippen LogP contribution in [0.25, 0.3) is 0 Å². The Kier molecular flexibility index (Phi) is 14.8. The first-order chi connectivity index (χ1) is 14.1. The monoisotopic (exact) mass is 407 g/mol. The summed E-state index contributed by atoms with van der Waals surface area (Å²) in [4.78, 5) is 14.5. The van der Waals surface area contributed by atoms with Crippen LogP contribution in [0.5, 0.6) is 0 Å². The molecule has 29 heavy (non-hydrogen) atoms. The van der Waals surface area contributed by atoms with Crippen molar-refractivity contribution in [3.8, 4) is 0 Å². The lowest BCUT2D eigenvalue weighted by molar-refractivity contribution is -0.513. The highest BCUT2D eigenvalue weighted by atomic mass is 16.3. The number of amidine groups is 1. The highest BCUT2D eigenvalue weighted by molar-refractivity contribution is 6.36. The average Bonchev–Trinajstić information content (AvgIpc) is 3.15. The molecule has 0 spiro atoms. The van der Waals surface area contributed by atoms with E-state index in [1.165, 1.54) is 70.6 Å². The number of ketones is 1. The Morgan fingerprint density at radius 2 is 1.52 bits per heavy atom. The zero-order valence-electron chi connectivity index (χ0n) is 19.5. The SMILES string of the molecule is CCCCCCCC/C=C\CCCCCCCC(=O)C1=[N+](CC)CCN1C(C)O. The van der Waals surface area contributed by atoms with Gasteiger partial charge in [-0.05, 0) is 39.0 Å². The molecule has 1 unspecified atom stereocenters. The van der Waals surface area contributed by atoms with E-state index in [4.69, 9.17) is 0 Å². The summed E-state index contributed by atoms with van der Waals surface area (Å²) >= 11 is 0. The second-order valence-corrected chi connectivity index (χ2v) is 8.49. The van der Waals surface area contributed by atoms with Crippen molar-refractivity contribution < 1.29 is 14.5 Å². The summed E-state index contributed by atoms with van der Waals surface area (Å²) in [5, 5.41) is 9.91. The molecule has 4 heteroatoms. The van der Waals surface area contributed by atoms with Gasteiger partial charge in [-0.1, -0.05) is 70.4 Å². The minimum absolute atomic E-state index is 0.197. The summed E-state index contributed by atoms with van der Waals surface area (Å²) in [6, 6.07) is 0. The fourth-order valence-electron chi connectivity index (χ4n) is 4.10. The number of hydrogen-bond acceptors (Lipinski definition) is 3. The first kappa shape index (κ1) is 25.9. The molecule has 0 bridgehead atoms. The Bertz CT molecular complexity index is 497. The number of allylic oxidation sites excluding steroid dienone is 2. The molecule has 1 N–H and O–H groups in total. The van der Waals surface area contributed by atoms with Crippen molar-refractivity contribution in [3.63, 3.8) is 0 Å².